The van der Waals surface area contributed by atoms with Crippen LogP contribution in [0.5, 0.6) is 5.75 Å². The van der Waals surface area contributed by atoms with E-state index >= 15 is 0 Å². The zero-order chi connectivity index (χ0) is 19.2. The molecule has 1 saturated heterocycles. The fourth-order valence-electron chi connectivity index (χ4n) is 2.57. The second-order valence-electron chi connectivity index (χ2n) is 5.73. The number of benzene rings is 1. The number of nitrogens with one attached hydrogen (secondary N) is 2. The number of anilines is 1. The van der Waals surface area contributed by atoms with E-state index in [-0.39, 0.29) is 24.3 Å². The minimum Gasteiger partial charge on any atom is -0.450 e. The van der Waals surface area contributed by atoms with E-state index in [0.717, 1.165) is 17.0 Å². The molecule has 144 valence electrons. The molecule has 0 spiro atoms. The Kier molecular flexibility index (Phi) is 6.67. The summed E-state index contributed by atoms with van der Waals surface area (Å²) < 4.78 is 45.0. The highest BCUT2D eigenvalue weighted by Gasteiger charge is 2.31. The predicted molar refractivity (Wildman–Crippen MR) is 85.9 cm³/mol. The molecule has 1 aromatic carbocycles. The van der Waals surface area contributed by atoms with Gasteiger partial charge in [0.05, 0.1) is 32.8 Å². The van der Waals surface area contributed by atoms with Crippen molar-refractivity contribution in [3.8, 4) is 5.75 Å². The molecule has 1 aromatic rings. The number of quaternary nitrogens is 1. The number of carbonyl (C=O) groups excluding carboxylic acids is 2. The third-order valence-electron chi connectivity index (χ3n) is 3.78. The molecule has 0 aromatic heterocycles. The van der Waals surface area contributed by atoms with Crippen molar-refractivity contribution in [2.45, 2.75) is 13.3 Å². The van der Waals surface area contributed by atoms with Crippen molar-refractivity contribution in [2.24, 2.45) is 0 Å². The van der Waals surface area contributed by atoms with Gasteiger partial charge in [0.2, 0.25) is 0 Å². The molecule has 10 heteroatoms. The number of piperazine rings is 1. The summed E-state index contributed by atoms with van der Waals surface area (Å²) >= 11 is 0. The van der Waals surface area contributed by atoms with E-state index in [1.165, 1.54) is 12.1 Å². The lowest BCUT2D eigenvalue weighted by atomic mass is 10.3. The summed E-state index contributed by atoms with van der Waals surface area (Å²) in [5, 5.41) is 2.63. The number of hydrogen-bond acceptors (Lipinski definition) is 4. The van der Waals surface area contributed by atoms with Crippen molar-refractivity contribution in [2.75, 3.05) is 44.6 Å². The van der Waals surface area contributed by atoms with Crippen LogP contribution in [0.3, 0.4) is 0 Å². The first-order valence-corrected chi connectivity index (χ1v) is 8.17. The average Bonchev–Trinajstić information content (AvgIpc) is 2.56. The van der Waals surface area contributed by atoms with Crippen LogP contribution >= 0.6 is 0 Å². The second-order valence-corrected chi connectivity index (χ2v) is 5.73. The van der Waals surface area contributed by atoms with Crippen LogP contribution in [0, 0.1) is 0 Å². The van der Waals surface area contributed by atoms with Crippen LogP contribution in [0.15, 0.2) is 24.3 Å². The van der Waals surface area contributed by atoms with Gasteiger partial charge in [-0.05, 0) is 31.2 Å². The van der Waals surface area contributed by atoms with Gasteiger partial charge in [-0.2, -0.15) is 0 Å². The first-order valence-electron chi connectivity index (χ1n) is 8.17. The highest BCUT2D eigenvalue weighted by Crippen LogP contribution is 2.23. The fraction of sp³-hybridized carbons (Fsp3) is 0.500. The van der Waals surface area contributed by atoms with E-state index in [4.69, 9.17) is 4.74 Å². The quantitative estimate of drug-likeness (QED) is 0.800. The third kappa shape index (κ3) is 6.43. The number of hydrogen-bond donors (Lipinski definition) is 2. The smallest absolute Gasteiger partial charge is 0.450 e. The maximum Gasteiger partial charge on any atom is 0.573 e. The van der Waals surface area contributed by atoms with Gasteiger partial charge in [-0.1, -0.05) is 0 Å². The Hall–Kier alpha value is -2.49. The summed E-state index contributed by atoms with van der Waals surface area (Å²) in [5.74, 6) is -0.606. The number of nitrogens with zero attached hydrogens (tertiary/aromatic N) is 1. The molecule has 0 saturated carbocycles. The molecule has 2 rings (SSSR count). The summed E-state index contributed by atoms with van der Waals surface area (Å²) in [4.78, 5) is 26.3. The number of carbonyl (C=O) groups is 2. The lowest BCUT2D eigenvalue weighted by Crippen LogP contribution is -3.15. The van der Waals surface area contributed by atoms with Crippen molar-refractivity contribution < 1.29 is 37.1 Å². The van der Waals surface area contributed by atoms with Crippen LogP contribution in [-0.2, 0) is 9.53 Å². The summed E-state index contributed by atoms with van der Waals surface area (Å²) in [7, 11) is 0. The van der Waals surface area contributed by atoms with Gasteiger partial charge >= 0.3 is 12.5 Å². The highest BCUT2D eigenvalue weighted by molar-refractivity contribution is 5.91. The van der Waals surface area contributed by atoms with Crippen molar-refractivity contribution in [3.63, 3.8) is 0 Å². The Morgan fingerprint density at radius 2 is 1.81 bits per heavy atom. The Balaban J connectivity index is 1.76. The average molecular weight is 376 g/mol. The molecule has 1 aliphatic rings. The Morgan fingerprint density at radius 3 is 2.35 bits per heavy atom. The first kappa shape index (κ1) is 19.8. The Labute approximate surface area is 148 Å². The van der Waals surface area contributed by atoms with Gasteiger partial charge in [0.15, 0.2) is 6.54 Å². The topological polar surface area (TPSA) is 72.3 Å². The van der Waals surface area contributed by atoms with E-state index in [2.05, 4.69) is 10.1 Å². The van der Waals surface area contributed by atoms with Crippen LogP contribution in [0.25, 0.3) is 0 Å². The van der Waals surface area contributed by atoms with Gasteiger partial charge < -0.3 is 19.7 Å². The van der Waals surface area contributed by atoms with Crippen LogP contribution in [0.2, 0.25) is 0 Å². The molecule has 0 bridgehead atoms. The minimum absolute atomic E-state index is 0.206. The zero-order valence-corrected chi connectivity index (χ0v) is 14.3. The highest BCUT2D eigenvalue weighted by atomic mass is 19.4. The Morgan fingerprint density at radius 1 is 1.19 bits per heavy atom. The maximum absolute atomic E-state index is 12.1. The number of rotatable bonds is 5. The van der Waals surface area contributed by atoms with Crippen LogP contribution < -0.4 is 15.0 Å². The lowest BCUT2D eigenvalue weighted by molar-refractivity contribution is -0.895. The van der Waals surface area contributed by atoms with Gasteiger partial charge in [-0.3, -0.25) is 9.69 Å². The number of ether oxygens (including phenoxy) is 2. The molecule has 1 fully saturated rings. The van der Waals surface area contributed by atoms with Crippen LogP contribution in [-0.4, -0.2) is 62.6 Å². The number of amides is 2. The van der Waals surface area contributed by atoms with Crippen molar-refractivity contribution in [1.82, 2.24) is 4.90 Å². The van der Waals surface area contributed by atoms with Crippen LogP contribution in [0.4, 0.5) is 23.7 Å². The second kappa shape index (κ2) is 8.75. The van der Waals surface area contributed by atoms with Crippen molar-refractivity contribution >= 4 is 17.7 Å². The zero-order valence-electron chi connectivity index (χ0n) is 14.3. The van der Waals surface area contributed by atoms with Crippen molar-refractivity contribution in [3.05, 3.63) is 24.3 Å². The first-order chi connectivity index (χ1) is 12.3. The normalized spacial score (nSPS) is 15.5. The number of alkyl halides is 3. The molecule has 2 N–H and O–H groups in total. The maximum atomic E-state index is 12.1. The van der Waals surface area contributed by atoms with E-state index in [9.17, 15) is 22.8 Å². The van der Waals surface area contributed by atoms with Gasteiger partial charge in [-0.15, -0.1) is 13.2 Å². The third-order valence-corrected chi connectivity index (χ3v) is 3.78. The lowest BCUT2D eigenvalue weighted by Gasteiger charge is -2.31. The van der Waals surface area contributed by atoms with Gasteiger partial charge in [0, 0.05) is 5.69 Å². The molecule has 0 radical (unpaired) electrons. The van der Waals surface area contributed by atoms with Gasteiger partial charge in [0.25, 0.3) is 5.91 Å². The molecule has 7 nitrogen and oxygen atoms in total. The van der Waals surface area contributed by atoms with E-state index in [0.29, 0.717) is 38.5 Å². The predicted octanol–water partition coefficient (Wildman–Crippen LogP) is 0.881. The molecule has 2 amide bonds. The Bertz CT molecular complexity index is 614. The van der Waals surface area contributed by atoms with Crippen LogP contribution in [0.1, 0.15) is 6.92 Å². The van der Waals surface area contributed by atoms with Gasteiger partial charge in [-0.25, -0.2) is 4.79 Å². The SMILES string of the molecule is CCOC(=O)N1CC[NH+](CC(=O)Nc2ccc(OC(F)(F)F)cc2)CC1. The molecular weight excluding hydrogens is 355 g/mol. The summed E-state index contributed by atoms with van der Waals surface area (Å²) in [5.41, 5.74) is 0.383. The largest absolute Gasteiger partial charge is 0.573 e. The van der Waals surface area contributed by atoms with E-state index in [1.54, 1.807) is 11.8 Å². The van der Waals surface area contributed by atoms with E-state index in [1.807, 2.05) is 0 Å². The molecule has 0 unspecified atom stereocenters. The summed E-state index contributed by atoms with van der Waals surface area (Å²) in [6.45, 7) is 4.51. The van der Waals surface area contributed by atoms with Crippen molar-refractivity contribution in [1.29, 1.82) is 0 Å². The molecule has 1 heterocycles. The fourth-order valence-corrected chi connectivity index (χ4v) is 2.57. The molecule has 0 aliphatic carbocycles. The number of halogens is 3. The molecule has 0 atom stereocenters. The van der Waals surface area contributed by atoms with E-state index < -0.39 is 6.36 Å². The molecule has 1 aliphatic heterocycles. The monoisotopic (exact) mass is 376 g/mol. The standard InChI is InChI=1S/C16H20F3N3O4/c1-2-25-15(24)22-9-7-21(8-10-22)11-14(23)20-12-3-5-13(6-4-12)26-16(17,18)19/h3-6H,2,7-11H2,1H3,(H,20,23)/p+1. The minimum atomic E-state index is -4.75. The van der Waals surface area contributed by atoms with Gasteiger partial charge in [0.1, 0.15) is 5.75 Å². The molecular formula is C16H21F3N3O4+. The molecule has 26 heavy (non-hydrogen) atoms. The summed E-state index contributed by atoms with van der Waals surface area (Å²) in [6.07, 6.45) is -5.10. The summed E-state index contributed by atoms with van der Waals surface area (Å²) in [6, 6.07) is 4.95.